The Bertz CT molecular complexity index is 235. The average Bonchev–Trinajstić information content (AvgIpc) is 2.41. The van der Waals surface area contributed by atoms with E-state index in [0.29, 0.717) is 12.1 Å². The Balaban J connectivity index is 1.62. The molecule has 3 atom stereocenters. The maximum atomic E-state index is 6.10. The number of likely N-dealkylation sites (tertiary alicyclic amines) is 1. The lowest BCUT2D eigenvalue weighted by molar-refractivity contribution is -0.0162. The van der Waals surface area contributed by atoms with Gasteiger partial charge in [-0.25, -0.2) is 0 Å². The number of likely N-dealkylation sites (N-methyl/N-ethyl adjacent to an activating group) is 1. The summed E-state index contributed by atoms with van der Waals surface area (Å²) in [5.41, 5.74) is 0. The predicted molar refractivity (Wildman–Crippen MR) is 75.9 cm³/mol. The Morgan fingerprint density at radius 2 is 2.00 bits per heavy atom. The SMILES string of the molecule is CNC1CCCN(CCOC2CCCCC2C)C1. The Morgan fingerprint density at radius 1 is 1.17 bits per heavy atom. The summed E-state index contributed by atoms with van der Waals surface area (Å²) in [7, 11) is 2.08. The predicted octanol–water partition coefficient (Wildman–Crippen LogP) is 2.27. The Kier molecular flexibility index (Phi) is 5.93. The van der Waals surface area contributed by atoms with Crippen molar-refractivity contribution >= 4 is 0 Å². The van der Waals surface area contributed by atoms with Gasteiger partial charge in [-0.2, -0.15) is 0 Å². The van der Waals surface area contributed by atoms with E-state index < -0.39 is 0 Å². The topological polar surface area (TPSA) is 24.5 Å². The number of piperidine rings is 1. The summed E-state index contributed by atoms with van der Waals surface area (Å²) in [6.07, 6.45) is 8.58. The van der Waals surface area contributed by atoms with Gasteiger partial charge in [0.1, 0.15) is 0 Å². The molecule has 0 bridgehead atoms. The summed E-state index contributed by atoms with van der Waals surface area (Å²) in [5.74, 6) is 0.769. The monoisotopic (exact) mass is 254 g/mol. The van der Waals surface area contributed by atoms with Crippen LogP contribution in [-0.2, 0) is 4.74 Å². The van der Waals surface area contributed by atoms with Crippen molar-refractivity contribution in [2.75, 3.05) is 33.3 Å². The molecule has 0 radical (unpaired) electrons. The Labute approximate surface area is 112 Å². The third kappa shape index (κ3) is 4.22. The van der Waals surface area contributed by atoms with E-state index in [0.717, 1.165) is 19.1 Å². The number of nitrogens with one attached hydrogen (secondary N) is 1. The van der Waals surface area contributed by atoms with Crippen LogP contribution < -0.4 is 5.32 Å². The van der Waals surface area contributed by atoms with Crippen LogP contribution in [0.2, 0.25) is 0 Å². The first-order chi connectivity index (χ1) is 8.79. The second kappa shape index (κ2) is 7.46. The van der Waals surface area contributed by atoms with Gasteiger partial charge in [-0.15, -0.1) is 0 Å². The molecule has 1 aliphatic heterocycles. The molecule has 0 amide bonds. The smallest absolute Gasteiger partial charge is 0.0601 e. The van der Waals surface area contributed by atoms with Crippen molar-refractivity contribution in [1.82, 2.24) is 10.2 Å². The molecule has 0 aromatic heterocycles. The van der Waals surface area contributed by atoms with Crippen molar-refractivity contribution in [1.29, 1.82) is 0 Å². The van der Waals surface area contributed by atoms with Crippen molar-refractivity contribution in [3.63, 3.8) is 0 Å². The lowest BCUT2D eigenvalue weighted by Gasteiger charge is -2.34. The highest BCUT2D eigenvalue weighted by Gasteiger charge is 2.22. The van der Waals surface area contributed by atoms with Crippen LogP contribution in [0.15, 0.2) is 0 Å². The molecule has 0 aromatic carbocycles. The van der Waals surface area contributed by atoms with Crippen molar-refractivity contribution in [3.05, 3.63) is 0 Å². The molecule has 106 valence electrons. The molecule has 3 heteroatoms. The summed E-state index contributed by atoms with van der Waals surface area (Å²) in [6.45, 7) is 6.83. The zero-order valence-electron chi connectivity index (χ0n) is 12.2. The summed E-state index contributed by atoms with van der Waals surface area (Å²) in [4.78, 5) is 2.55. The van der Waals surface area contributed by atoms with Gasteiger partial charge in [-0.05, 0) is 45.2 Å². The molecule has 0 spiro atoms. The van der Waals surface area contributed by atoms with Gasteiger partial charge in [0.2, 0.25) is 0 Å². The van der Waals surface area contributed by atoms with E-state index in [1.54, 1.807) is 0 Å². The second-order valence-corrected chi connectivity index (χ2v) is 6.10. The molecule has 3 nitrogen and oxygen atoms in total. The van der Waals surface area contributed by atoms with E-state index in [1.807, 2.05) is 0 Å². The first-order valence-corrected chi connectivity index (χ1v) is 7.81. The molecule has 2 rings (SSSR count). The number of hydrogen-bond acceptors (Lipinski definition) is 3. The highest BCUT2D eigenvalue weighted by atomic mass is 16.5. The van der Waals surface area contributed by atoms with Crippen LogP contribution >= 0.6 is 0 Å². The molecule has 0 aromatic rings. The summed E-state index contributed by atoms with van der Waals surface area (Å²) < 4.78 is 6.10. The van der Waals surface area contributed by atoms with Gasteiger partial charge in [-0.1, -0.05) is 19.8 Å². The maximum Gasteiger partial charge on any atom is 0.0601 e. The van der Waals surface area contributed by atoms with Gasteiger partial charge in [0.25, 0.3) is 0 Å². The fraction of sp³-hybridized carbons (Fsp3) is 1.00. The number of ether oxygens (including phenoxy) is 1. The van der Waals surface area contributed by atoms with Gasteiger partial charge < -0.3 is 10.1 Å². The van der Waals surface area contributed by atoms with Crippen LogP contribution in [0, 0.1) is 5.92 Å². The van der Waals surface area contributed by atoms with Gasteiger partial charge in [0.15, 0.2) is 0 Å². The molecule has 3 unspecified atom stereocenters. The van der Waals surface area contributed by atoms with Crippen LogP contribution in [0.25, 0.3) is 0 Å². The van der Waals surface area contributed by atoms with Crippen molar-refractivity contribution in [2.45, 2.75) is 57.6 Å². The molecule has 1 saturated heterocycles. The normalized spacial score (nSPS) is 34.7. The number of hydrogen-bond donors (Lipinski definition) is 1. The minimum Gasteiger partial charge on any atom is -0.377 e. The van der Waals surface area contributed by atoms with Crippen LogP contribution in [0.3, 0.4) is 0 Å². The van der Waals surface area contributed by atoms with Crippen LogP contribution in [0.5, 0.6) is 0 Å². The molecule has 1 N–H and O–H groups in total. The Morgan fingerprint density at radius 3 is 2.78 bits per heavy atom. The van der Waals surface area contributed by atoms with Gasteiger partial charge in [0.05, 0.1) is 12.7 Å². The molecule has 1 saturated carbocycles. The Hall–Kier alpha value is -0.120. The van der Waals surface area contributed by atoms with Crippen molar-refractivity contribution in [2.24, 2.45) is 5.92 Å². The standard InChI is InChI=1S/C15H30N2O/c1-13-6-3-4-8-15(13)18-11-10-17-9-5-7-14(12-17)16-2/h13-16H,3-12H2,1-2H3. The molecular formula is C15H30N2O. The van der Waals surface area contributed by atoms with E-state index in [9.17, 15) is 0 Å². The van der Waals surface area contributed by atoms with E-state index in [2.05, 4.69) is 24.2 Å². The summed E-state index contributed by atoms with van der Waals surface area (Å²) in [6, 6.07) is 0.687. The first kappa shape index (κ1) is 14.3. The minimum atomic E-state index is 0.531. The van der Waals surface area contributed by atoms with E-state index in [1.165, 1.54) is 51.6 Å². The fourth-order valence-corrected chi connectivity index (χ4v) is 3.36. The van der Waals surface area contributed by atoms with Crippen molar-refractivity contribution in [3.8, 4) is 0 Å². The molecule has 2 aliphatic rings. The lowest BCUT2D eigenvalue weighted by atomic mass is 9.88. The summed E-state index contributed by atoms with van der Waals surface area (Å²) in [5, 5.41) is 3.40. The summed E-state index contributed by atoms with van der Waals surface area (Å²) >= 11 is 0. The lowest BCUT2D eigenvalue weighted by Crippen LogP contribution is -2.45. The van der Waals surface area contributed by atoms with Gasteiger partial charge in [0, 0.05) is 19.1 Å². The molecule has 1 heterocycles. The fourth-order valence-electron chi connectivity index (χ4n) is 3.36. The van der Waals surface area contributed by atoms with Crippen LogP contribution in [0.4, 0.5) is 0 Å². The first-order valence-electron chi connectivity index (χ1n) is 7.81. The third-order valence-corrected chi connectivity index (χ3v) is 4.69. The number of nitrogens with zero attached hydrogens (tertiary/aromatic N) is 1. The highest BCUT2D eigenvalue weighted by Crippen LogP contribution is 2.26. The average molecular weight is 254 g/mol. The third-order valence-electron chi connectivity index (χ3n) is 4.69. The van der Waals surface area contributed by atoms with E-state index in [4.69, 9.17) is 4.74 Å². The van der Waals surface area contributed by atoms with E-state index >= 15 is 0 Å². The molecule has 18 heavy (non-hydrogen) atoms. The van der Waals surface area contributed by atoms with Gasteiger partial charge in [-0.3, -0.25) is 4.90 Å². The minimum absolute atomic E-state index is 0.531. The van der Waals surface area contributed by atoms with Gasteiger partial charge >= 0.3 is 0 Å². The maximum absolute atomic E-state index is 6.10. The van der Waals surface area contributed by atoms with Crippen LogP contribution in [0.1, 0.15) is 45.4 Å². The van der Waals surface area contributed by atoms with Crippen LogP contribution in [-0.4, -0.2) is 50.3 Å². The molecular weight excluding hydrogens is 224 g/mol. The zero-order valence-corrected chi connectivity index (χ0v) is 12.2. The second-order valence-electron chi connectivity index (χ2n) is 6.10. The number of rotatable bonds is 5. The quantitative estimate of drug-likeness (QED) is 0.814. The largest absolute Gasteiger partial charge is 0.377 e. The molecule has 1 aliphatic carbocycles. The van der Waals surface area contributed by atoms with E-state index in [-0.39, 0.29) is 0 Å². The van der Waals surface area contributed by atoms with Crippen molar-refractivity contribution < 1.29 is 4.74 Å². The highest BCUT2D eigenvalue weighted by molar-refractivity contribution is 4.77. The zero-order chi connectivity index (χ0) is 12.8. The molecule has 2 fully saturated rings.